The maximum atomic E-state index is 13.4. The molecule has 1 aliphatic carbocycles. The van der Waals surface area contributed by atoms with Gasteiger partial charge >= 0.3 is 0 Å². The van der Waals surface area contributed by atoms with Crippen molar-refractivity contribution >= 4 is 33.2 Å². The number of rotatable bonds is 11. The number of carbonyl (C=O) groups excluding carboxylic acids is 2. The Bertz CT molecular complexity index is 1150. The Kier molecular flexibility index (Phi) is 8.61. The van der Waals surface area contributed by atoms with Gasteiger partial charge in [-0.1, -0.05) is 105 Å². The molecule has 2 N–H and O–H groups in total. The first kappa shape index (κ1) is 25.4. The topological polar surface area (TPSA) is 66.4 Å². The Morgan fingerprint density at radius 1 is 0.829 bits per heavy atom. The van der Waals surface area contributed by atoms with Crippen LogP contribution in [0.4, 0.5) is 5.69 Å². The third-order valence-electron chi connectivity index (χ3n) is 7.07. The first-order valence-corrected chi connectivity index (χ1v) is 13.7. The number of Topliss-reactive ketones (excluding diaryl/α,β-unsaturated/α-hetero) is 2. The van der Waals surface area contributed by atoms with Gasteiger partial charge in [0, 0.05) is 27.2 Å². The molecule has 2 aliphatic rings. The molecule has 4 rings (SSSR count). The molecule has 1 aliphatic heterocycles. The Balaban J connectivity index is 1.54. The zero-order valence-electron chi connectivity index (χ0n) is 20.4. The number of carbonyl (C=O) groups is 2. The highest BCUT2D eigenvalue weighted by molar-refractivity contribution is 9.10. The summed E-state index contributed by atoms with van der Waals surface area (Å²) >= 11 is 3.47. The van der Waals surface area contributed by atoms with Crippen LogP contribution in [0.2, 0.25) is 0 Å². The molecule has 0 saturated carbocycles. The highest BCUT2D eigenvalue weighted by atomic mass is 79.9. The quantitative estimate of drug-likeness (QED) is 0.173. The van der Waals surface area contributed by atoms with Crippen molar-refractivity contribution in [2.45, 2.75) is 77.0 Å². The molecule has 1 atom stereocenters. The lowest BCUT2D eigenvalue weighted by Crippen LogP contribution is -2.34. The van der Waals surface area contributed by atoms with Crippen molar-refractivity contribution in [3.8, 4) is 0 Å². The average molecular weight is 537 g/mol. The SMILES string of the molecule is CCCCCCCCCCCC1=C(O)C2=C(C(=O)C1=O)C(c1ccc(Br)cc1)c1ccccc1N2. The number of aliphatic hydroxyl groups is 1. The molecule has 0 aromatic heterocycles. The van der Waals surface area contributed by atoms with E-state index in [1.54, 1.807) is 0 Å². The first-order valence-electron chi connectivity index (χ1n) is 12.9. The van der Waals surface area contributed by atoms with E-state index < -0.39 is 17.5 Å². The zero-order chi connectivity index (χ0) is 24.8. The van der Waals surface area contributed by atoms with E-state index in [-0.39, 0.29) is 11.3 Å². The molecule has 2 aromatic carbocycles. The van der Waals surface area contributed by atoms with E-state index >= 15 is 0 Å². The number of fused-ring (bicyclic) bond motifs is 1. The molecule has 0 spiro atoms. The van der Waals surface area contributed by atoms with Crippen LogP contribution in [0.25, 0.3) is 0 Å². The van der Waals surface area contributed by atoms with Crippen LogP contribution in [0.3, 0.4) is 0 Å². The lowest BCUT2D eigenvalue weighted by molar-refractivity contribution is -0.132. The van der Waals surface area contributed by atoms with Crippen molar-refractivity contribution in [3.05, 3.63) is 86.7 Å². The minimum absolute atomic E-state index is 0.0687. The van der Waals surface area contributed by atoms with Gasteiger partial charge < -0.3 is 10.4 Å². The van der Waals surface area contributed by atoms with Crippen LogP contribution >= 0.6 is 15.9 Å². The fraction of sp³-hybridized carbons (Fsp3) is 0.400. The summed E-state index contributed by atoms with van der Waals surface area (Å²) in [6.07, 6.45) is 10.9. The number of allylic oxidation sites excluding steroid dienone is 2. The third-order valence-corrected chi connectivity index (χ3v) is 7.60. The van der Waals surface area contributed by atoms with E-state index in [0.29, 0.717) is 17.7 Å². The highest BCUT2D eigenvalue weighted by Gasteiger charge is 2.42. The Morgan fingerprint density at radius 2 is 1.46 bits per heavy atom. The van der Waals surface area contributed by atoms with E-state index in [1.165, 1.54) is 38.5 Å². The number of hydrogen-bond donors (Lipinski definition) is 2. The fourth-order valence-corrected chi connectivity index (χ4v) is 5.42. The van der Waals surface area contributed by atoms with Crippen LogP contribution in [0.15, 0.2) is 75.6 Å². The van der Waals surface area contributed by atoms with Crippen LogP contribution < -0.4 is 5.32 Å². The summed E-state index contributed by atoms with van der Waals surface area (Å²) in [4.78, 5) is 26.6. The van der Waals surface area contributed by atoms with Gasteiger partial charge in [0.05, 0.1) is 5.70 Å². The Hall–Kier alpha value is -2.66. The molecule has 0 amide bonds. The smallest absolute Gasteiger partial charge is 0.233 e. The van der Waals surface area contributed by atoms with E-state index in [0.717, 1.165) is 40.5 Å². The predicted octanol–water partition coefficient (Wildman–Crippen LogP) is 8.15. The maximum Gasteiger partial charge on any atom is 0.233 e. The summed E-state index contributed by atoms with van der Waals surface area (Å²) in [6.45, 7) is 2.23. The van der Waals surface area contributed by atoms with Gasteiger partial charge in [-0.3, -0.25) is 9.59 Å². The second-order valence-electron chi connectivity index (χ2n) is 9.55. The van der Waals surface area contributed by atoms with Crippen molar-refractivity contribution in [1.29, 1.82) is 0 Å². The number of ketones is 2. The highest BCUT2D eigenvalue weighted by Crippen LogP contribution is 2.46. The van der Waals surface area contributed by atoms with Gasteiger partial charge in [0.25, 0.3) is 0 Å². The number of halogens is 1. The maximum absolute atomic E-state index is 13.4. The van der Waals surface area contributed by atoms with Gasteiger partial charge in [0.15, 0.2) is 0 Å². The molecule has 0 radical (unpaired) electrons. The van der Waals surface area contributed by atoms with Gasteiger partial charge in [0.2, 0.25) is 11.6 Å². The van der Waals surface area contributed by atoms with Gasteiger partial charge in [-0.15, -0.1) is 0 Å². The van der Waals surface area contributed by atoms with Crippen molar-refractivity contribution in [3.63, 3.8) is 0 Å². The normalized spacial score (nSPS) is 17.4. The third kappa shape index (κ3) is 5.61. The molecule has 1 heterocycles. The molecule has 0 fully saturated rings. The summed E-state index contributed by atoms with van der Waals surface area (Å²) in [7, 11) is 0. The second kappa shape index (κ2) is 11.9. The predicted molar refractivity (Wildman–Crippen MR) is 145 cm³/mol. The number of aliphatic hydroxyl groups excluding tert-OH is 1. The number of hydrogen-bond acceptors (Lipinski definition) is 4. The molecule has 184 valence electrons. The monoisotopic (exact) mass is 535 g/mol. The molecule has 35 heavy (non-hydrogen) atoms. The summed E-state index contributed by atoms with van der Waals surface area (Å²) in [5, 5.41) is 14.5. The molecule has 2 aromatic rings. The summed E-state index contributed by atoms with van der Waals surface area (Å²) in [5.41, 5.74) is 3.64. The minimum atomic E-state index is -0.566. The van der Waals surface area contributed by atoms with Gasteiger partial charge in [-0.2, -0.15) is 0 Å². The van der Waals surface area contributed by atoms with Gasteiger partial charge in [-0.05, 0) is 42.2 Å². The van der Waals surface area contributed by atoms with Crippen LogP contribution in [0.5, 0.6) is 0 Å². The van der Waals surface area contributed by atoms with Crippen molar-refractivity contribution in [2.24, 2.45) is 0 Å². The molecular weight excluding hydrogens is 502 g/mol. The lowest BCUT2D eigenvalue weighted by Gasteiger charge is -2.33. The first-order chi connectivity index (χ1) is 17.0. The van der Waals surface area contributed by atoms with Crippen LogP contribution in [0.1, 0.15) is 88.2 Å². The zero-order valence-corrected chi connectivity index (χ0v) is 22.0. The van der Waals surface area contributed by atoms with E-state index in [4.69, 9.17) is 0 Å². The lowest BCUT2D eigenvalue weighted by atomic mass is 9.74. The van der Waals surface area contributed by atoms with Crippen molar-refractivity contribution < 1.29 is 14.7 Å². The Morgan fingerprint density at radius 3 is 2.14 bits per heavy atom. The van der Waals surface area contributed by atoms with Crippen LogP contribution in [0, 0.1) is 0 Å². The van der Waals surface area contributed by atoms with E-state index in [9.17, 15) is 14.7 Å². The summed E-state index contributed by atoms with van der Waals surface area (Å²) in [5.74, 6) is -1.56. The number of unbranched alkanes of at least 4 members (excludes halogenated alkanes) is 8. The average Bonchev–Trinajstić information content (AvgIpc) is 2.87. The molecule has 0 bridgehead atoms. The van der Waals surface area contributed by atoms with E-state index in [1.807, 2.05) is 48.5 Å². The molecule has 1 unspecified atom stereocenters. The van der Waals surface area contributed by atoms with E-state index in [2.05, 4.69) is 28.2 Å². The molecular formula is C30H34BrNO3. The summed E-state index contributed by atoms with van der Waals surface area (Å²) in [6, 6.07) is 15.5. The molecule has 5 heteroatoms. The standard InChI is InChI=1S/C30H34BrNO3/c1-2-3-4-5-6-7-8-9-10-14-23-28(33)27-26(30(35)29(23)34)25(20-16-18-21(31)19-17-20)22-13-11-12-15-24(22)32-27/h11-13,15-19,25,32-33H,2-10,14H2,1H3. The minimum Gasteiger partial charge on any atom is -0.505 e. The van der Waals surface area contributed by atoms with Gasteiger partial charge in [0.1, 0.15) is 5.76 Å². The molecule has 0 saturated heterocycles. The van der Waals surface area contributed by atoms with Crippen molar-refractivity contribution in [2.75, 3.05) is 5.32 Å². The fourth-order valence-electron chi connectivity index (χ4n) is 5.16. The second-order valence-corrected chi connectivity index (χ2v) is 10.5. The van der Waals surface area contributed by atoms with Crippen molar-refractivity contribution in [1.82, 2.24) is 0 Å². The number of anilines is 1. The largest absolute Gasteiger partial charge is 0.505 e. The molecule has 4 nitrogen and oxygen atoms in total. The number of para-hydroxylation sites is 1. The van der Waals surface area contributed by atoms with Gasteiger partial charge in [-0.25, -0.2) is 0 Å². The summed E-state index contributed by atoms with van der Waals surface area (Å²) < 4.78 is 0.940. The number of benzene rings is 2. The van der Waals surface area contributed by atoms with Crippen LogP contribution in [-0.4, -0.2) is 16.7 Å². The Labute approximate surface area is 216 Å². The number of nitrogens with one attached hydrogen (secondary N) is 1. The van der Waals surface area contributed by atoms with Crippen LogP contribution in [-0.2, 0) is 9.59 Å².